The van der Waals surface area contributed by atoms with Crippen LogP contribution in [0.3, 0.4) is 0 Å². The van der Waals surface area contributed by atoms with Crippen LogP contribution < -0.4 is 10.0 Å². The minimum absolute atomic E-state index is 0.00985. The van der Waals surface area contributed by atoms with Crippen molar-refractivity contribution in [3.63, 3.8) is 0 Å². The molecule has 0 saturated carbocycles. The summed E-state index contributed by atoms with van der Waals surface area (Å²) in [5.41, 5.74) is 0. The van der Waals surface area contributed by atoms with Gasteiger partial charge in [-0.25, -0.2) is 8.42 Å². The number of rotatable bonds is 3. The number of hydrogen-bond donors (Lipinski definition) is 3. The Balaban J connectivity index is 2.16. The molecular formula is C11H14N2O4S. The van der Waals surface area contributed by atoms with E-state index in [2.05, 4.69) is 10.0 Å². The monoisotopic (exact) mass is 270 g/mol. The van der Waals surface area contributed by atoms with Gasteiger partial charge in [0.2, 0.25) is 15.9 Å². The fourth-order valence-electron chi connectivity index (χ4n) is 1.77. The van der Waals surface area contributed by atoms with Crippen molar-refractivity contribution in [2.75, 3.05) is 6.54 Å². The molecule has 1 heterocycles. The molecule has 1 amide bonds. The highest BCUT2D eigenvalue weighted by molar-refractivity contribution is 7.89. The number of carbonyl (C=O) groups is 1. The topological polar surface area (TPSA) is 95.5 Å². The van der Waals surface area contributed by atoms with Gasteiger partial charge in [-0.15, -0.1) is 0 Å². The van der Waals surface area contributed by atoms with Crippen LogP contribution in [-0.4, -0.2) is 32.0 Å². The van der Waals surface area contributed by atoms with Crippen LogP contribution in [0.2, 0.25) is 0 Å². The molecule has 0 radical (unpaired) electrons. The van der Waals surface area contributed by atoms with Crippen LogP contribution in [0.5, 0.6) is 5.75 Å². The minimum Gasteiger partial charge on any atom is -0.508 e. The van der Waals surface area contributed by atoms with Crippen molar-refractivity contribution < 1.29 is 18.3 Å². The van der Waals surface area contributed by atoms with Crippen molar-refractivity contribution in [3.8, 4) is 5.75 Å². The predicted molar refractivity (Wildman–Crippen MR) is 64.5 cm³/mol. The van der Waals surface area contributed by atoms with E-state index in [1.54, 1.807) is 0 Å². The molecule has 1 aliphatic heterocycles. The number of carbonyl (C=O) groups excluding carboxylic acids is 1. The molecule has 3 N–H and O–H groups in total. The molecule has 2 rings (SSSR count). The standard InChI is InChI=1S/C11H14N2O4S/c14-8-3-5-9(6-4-8)18(16,17)13-10-2-1-7-12-11(10)15/h3-6,10,13-14H,1-2,7H2,(H,12,15). The summed E-state index contributed by atoms with van der Waals surface area (Å²) in [6.07, 6.45) is 1.23. The summed E-state index contributed by atoms with van der Waals surface area (Å²) in [5, 5.41) is 11.7. The fourth-order valence-corrected chi connectivity index (χ4v) is 3.00. The zero-order valence-electron chi connectivity index (χ0n) is 9.59. The lowest BCUT2D eigenvalue weighted by molar-refractivity contribution is -0.124. The van der Waals surface area contributed by atoms with E-state index in [0.717, 1.165) is 6.42 Å². The first-order valence-electron chi connectivity index (χ1n) is 5.58. The van der Waals surface area contributed by atoms with Gasteiger partial charge in [0.1, 0.15) is 11.8 Å². The van der Waals surface area contributed by atoms with Crippen molar-refractivity contribution in [2.24, 2.45) is 0 Å². The molecule has 0 aromatic heterocycles. The summed E-state index contributed by atoms with van der Waals surface area (Å²) in [4.78, 5) is 11.5. The van der Waals surface area contributed by atoms with Gasteiger partial charge in [0.15, 0.2) is 0 Å². The second kappa shape index (κ2) is 4.95. The zero-order valence-corrected chi connectivity index (χ0v) is 10.4. The maximum atomic E-state index is 12.0. The first kappa shape index (κ1) is 12.8. The number of phenols is 1. The normalized spacial score (nSPS) is 20.4. The van der Waals surface area contributed by atoms with E-state index in [0.29, 0.717) is 13.0 Å². The predicted octanol–water partition coefficient (Wildman–Crippen LogP) is -0.0509. The summed E-state index contributed by atoms with van der Waals surface area (Å²) in [6, 6.07) is 4.43. The number of nitrogens with one attached hydrogen (secondary N) is 2. The minimum atomic E-state index is -3.73. The van der Waals surface area contributed by atoms with Crippen molar-refractivity contribution in [1.29, 1.82) is 0 Å². The van der Waals surface area contributed by atoms with E-state index in [1.165, 1.54) is 24.3 Å². The lowest BCUT2D eigenvalue weighted by atomic mass is 10.1. The van der Waals surface area contributed by atoms with E-state index in [4.69, 9.17) is 5.11 Å². The van der Waals surface area contributed by atoms with Crippen LogP contribution in [0, 0.1) is 0 Å². The van der Waals surface area contributed by atoms with Gasteiger partial charge < -0.3 is 10.4 Å². The van der Waals surface area contributed by atoms with Crippen molar-refractivity contribution >= 4 is 15.9 Å². The van der Waals surface area contributed by atoms with Gasteiger partial charge >= 0.3 is 0 Å². The summed E-state index contributed by atoms with van der Waals surface area (Å²) in [5.74, 6) is -0.312. The Hall–Kier alpha value is -1.60. The Morgan fingerprint density at radius 1 is 1.28 bits per heavy atom. The SMILES string of the molecule is O=C1NCCCC1NS(=O)(=O)c1ccc(O)cc1. The smallest absolute Gasteiger partial charge is 0.241 e. The highest BCUT2D eigenvalue weighted by atomic mass is 32.2. The average molecular weight is 270 g/mol. The van der Waals surface area contributed by atoms with Crippen LogP contribution in [0.25, 0.3) is 0 Å². The lowest BCUT2D eigenvalue weighted by Gasteiger charge is -2.22. The quantitative estimate of drug-likeness (QED) is 0.717. The second-order valence-electron chi connectivity index (χ2n) is 4.10. The Morgan fingerprint density at radius 2 is 1.94 bits per heavy atom. The molecule has 1 fully saturated rings. The summed E-state index contributed by atoms with van der Waals surface area (Å²) in [6.45, 7) is 0.580. The van der Waals surface area contributed by atoms with Crippen LogP contribution >= 0.6 is 0 Å². The number of aromatic hydroxyl groups is 1. The number of sulfonamides is 1. The highest BCUT2D eigenvalue weighted by Crippen LogP contribution is 2.15. The van der Waals surface area contributed by atoms with E-state index in [-0.39, 0.29) is 16.6 Å². The third-order valence-corrected chi connectivity index (χ3v) is 4.22. The van der Waals surface area contributed by atoms with Gasteiger partial charge in [-0.3, -0.25) is 4.79 Å². The van der Waals surface area contributed by atoms with Crippen LogP contribution in [0.1, 0.15) is 12.8 Å². The molecule has 0 bridgehead atoms. The van der Waals surface area contributed by atoms with Crippen molar-refractivity contribution in [1.82, 2.24) is 10.0 Å². The summed E-state index contributed by atoms with van der Waals surface area (Å²) in [7, 11) is -3.73. The van der Waals surface area contributed by atoms with E-state index >= 15 is 0 Å². The Bertz CT molecular complexity index is 539. The maximum Gasteiger partial charge on any atom is 0.241 e. The van der Waals surface area contributed by atoms with Gasteiger partial charge in [-0.2, -0.15) is 4.72 Å². The molecule has 1 saturated heterocycles. The molecule has 6 nitrogen and oxygen atoms in total. The first-order chi connectivity index (χ1) is 8.49. The zero-order chi connectivity index (χ0) is 13.2. The Morgan fingerprint density at radius 3 is 2.56 bits per heavy atom. The third-order valence-electron chi connectivity index (χ3n) is 2.73. The molecule has 1 unspecified atom stereocenters. The maximum absolute atomic E-state index is 12.0. The number of benzene rings is 1. The molecule has 0 aliphatic carbocycles. The van der Waals surface area contributed by atoms with Crippen LogP contribution in [0.15, 0.2) is 29.2 Å². The molecule has 18 heavy (non-hydrogen) atoms. The first-order valence-corrected chi connectivity index (χ1v) is 7.06. The number of phenolic OH excluding ortho intramolecular Hbond substituents is 1. The molecule has 1 aromatic rings. The van der Waals surface area contributed by atoms with Gasteiger partial charge in [-0.05, 0) is 37.1 Å². The largest absolute Gasteiger partial charge is 0.508 e. The summed E-state index contributed by atoms with van der Waals surface area (Å²) < 4.78 is 26.3. The summed E-state index contributed by atoms with van der Waals surface area (Å²) >= 11 is 0. The van der Waals surface area contributed by atoms with Gasteiger partial charge in [0.25, 0.3) is 0 Å². The van der Waals surface area contributed by atoms with E-state index < -0.39 is 16.1 Å². The number of hydrogen-bond acceptors (Lipinski definition) is 4. The van der Waals surface area contributed by atoms with Gasteiger partial charge in [-0.1, -0.05) is 0 Å². The molecule has 1 aliphatic rings. The molecule has 1 atom stereocenters. The third kappa shape index (κ3) is 2.80. The fraction of sp³-hybridized carbons (Fsp3) is 0.364. The Kier molecular flexibility index (Phi) is 3.53. The molecule has 0 spiro atoms. The molecular weight excluding hydrogens is 256 g/mol. The second-order valence-corrected chi connectivity index (χ2v) is 5.82. The number of piperidine rings is 1. The van der Waals surface area contributed by atoms with Crippen LogP contribution in [-0.2, 0) is 14.8 Å². The lowest BCUT2D eigenvalue weighted by Crippen LogP contribution is -2.50. The Labute approximate surface area is 105 Å². The van der Waals surface area contributed by atoms with Gasteiger partial charge in [0, 0.05) is 6.54 Å². The van der Waals surface area contributed by atoms with Crippen LogP contribution in [0.4, 0.5) is 0 Å². The molecule has 7 heteroatoms. The average Bonchev–Trinajstić information content (AvgIpc) is 2.32. The van der Waals surface area contributed by atoms with Gasteiger partial charge in [0.05, 0.1) is 4.90 Å². The molecule has 1 aromatic carbocycles. The van der Waals surface area contributed by atoms with E-state index in [1.807, 2.05) is 0 Å². The van der Waals surface area contributed by atoms with Crippen molar-refractivity contribution in [3.05, 3.63) is 24.3 Å². The highest BCUT2D eigenvalue weighted by Gasteiger charge is 2.27. The molecule has 98 valence electrons. The number of amides is 1. The van der Waals surface area contributed by atoms with E-state index in [9.17, 15) is 13.2 Å². The van der Waals surface area contributed by atoms with Crippen molar-refractivity contribution in [2.45, 2.75) is 23.8 Å².